The molecule has 0 bridgehead atoms. The zero-order valence-corrected chi connectivity index (χ0v) is 18.0. The highest BCUT2D eigenvalue weighted by Gasteiger charge is 2.07. The number of benzene rings is 3. The average molecular weight is 409 g/mol. The van der Waals surface area contributed by atoms with E-state index in [4.69, 9.17) is 0 Å². The first-order valence-electron chi connectivity index (χ1n) is 10.3. The molecule has 3 rings (SSSR count). The Morgan fingerprint density at radius 2 is 1.30 bits per heavy atom. The SMILES string of the molecule is CC.CCCCc1ccc(C#Cc2ccc(-c3ccc(F)c(F)c3)cc2F)c(C)c1. The molecule has 0 aliphatic carbocycles. The normalized spacial score (nSPS) is 9.97. The van der Waals surface area contributed by atoms with Gasteiger partial charge in [0, 0.05) is 5.56 Å². The predicted octanol–water partition coefficient (Wildman–Crippen LogP) is 7.85. The van der Waals surface area contributed by atoms with Crippen LogP contribution in [0.2, 0.25) is 0 Å². The summed E-state index contributed by atoms with van der Waals surface area (Å²) >= 11 is 0. The minimum absolute atomic E-state index is 0.265. The van der Waals surface area contributed by atoms with E-state index in [0.29, 0.717) is 11.1 Å². The Hall–Kier alpha value is -2.99. The standard InChI is InChI=1S/C25H21F3.C2H6/c1-3-4-5-18-6-7-19(17(2)14-18)8-9-20-10-11-21(15-24(20)27)22-12-13-23(26)25(28)16-22;1-2/h6-7,10-16H,3-5H2,1-2H3;1-2H3. The second-order valence-corrected chi connectivity index (χ2v) is 6.83. The number of halogens is 3. The molecule has 0 aromatic heterocycles. The van der Waals surface area contributed by atoms with Gasteiger partial charge in [-0.15, -0.1) is 0 Å². The molecular weight excluding hydrogens is 381 g/mol. The van der Waals surface area contributed by atoms with Gasteiger partial charge in [-0.2, -0.15) is 0 Å². The van der Waals surface area contributed by atoms with E-state index in [1.165, 1.54) is 17.7 Å². The molecule has 0 unspecified atom stereocenters. The third kappa shape index (κ3) is 6.00. The van der Waals surface area contributed by atoms with Gasteiger partial charge in [0.15, 0.2) is 11.6 Å². The average Bonchev–Trinajstić information content (AvgIpc) is 2.75. The minimum Gasteiger partial charge on any atom is -0.206 e. The van der Waals surface area contributed by atoms with Crippen LogP contribution in [0.15, 0.2) is 54.6 Å². The summed E-state index contributed by atoms with van der Waals surface area (Å²) in [7, 11) is 0. The summed E-state index contributed by atoms with van der Waals surface area (Å²) in [5, 5.41) is 0. The van der Waals surface area contributed by atoms with Crippen LogP contribution in [0.5, 0.6) is 0 Å². The van der Waals surface area contributed by atoms with Gasteiger partial charge in [0.25, 0.3) is 0 Å². The fourth-order valence-electron chi connectivity index (χ4n) is 3.01. The van der Waals surface area contributed by atoms with E-state index in [-0.39, 0.29) is 5.56 Å². The quantitative estimate of drug-likeness (QED) is 0.386. The van der Waals surface area contributed by atoms with E-state index >= 15 is 0 Å². The van der Waals surface area contributed by atoms with Crippen molar-refractivity contribution >= 4 is 0 Å². The first-order valence-corrected chi connectivity index (χ1v) is 10.3. The Kier molecular flexibility index (Phi) is 8.74. The molecule has 0 atom stereocenters. The summed E-state index contributed by atoms with van der Waals surface area (Å²) in [5.74, 6) is 3.52. The first-order chi connectivity index (χ1) is 14.5. The Morgan fingerprint density at radius 3 is 1.90 bits per heavy atom. The van der Waals surface area contributed by atoms with Crippen molar-refractivity contribution in [2.24, 2.45) is 0 Å². The van der Waals surface area contributed by atoms with Crippen LogP contribution in [-0.4, -0.2) is 0 Å². The summed E-state index contributed by atoms with van der Waals surface area (Å²) in [6.45, 7) is 8.17. The number of hydrogen-bond donors (Lipinski definition) is 0. The minimum atomic E-state index is -0.959. The number of unbranched alkanes of at least 4 members (excludes halogenated alkanes) is 1. The molecule has 0 aliphatic heterocycles. The second kappa shape index (κ2) is 11.3. The van der Waals surface area contributed by atoms with Crippen molar-refractivity contribution in [2.45, 2.75) is 47.0 Å². The zero-order valence-electron chi connectivity index (χ0n) is 18.0. The van der Waals surface area contributed by atoms with Crippen LogP contribution in [-0.2, 0) is 6.42 Å². The third-order valence-corrected chi connectivity index (χ3v) is 4.66. The molecule has 0 fully saturated rings. The van der Waals surface area contributed by atoms with Gasteiger partial charge >= 0.3 is 0 Å². The van der Waals surface area contributed by atoms with Crippen molar-refractivity contribution < 1.29 is 13.2 Å². The fourth-order valence-corrected chi connectivity index (χ4v) is 3.01. The molecule has 0 amide bonds. The van der Waals surface area contributed by atoms with Crippen molar-refractivity contribution in [2.75, 3.05) is 0 Å². The number of hydrogen-bond acceptors (Lipinski definition) is 0. The molecule has 0 saturated heterocycles. The molecule has 0 aliphatic rings. The third-order valence-electron chi connectivity index (χ3n) is 4.66. The van der Waals surface area contributed by atoms with E-state index in [0.717, 1.165) is 42.5 Å². The van der Waals surface area contributed by atoms with Gasteiger partial charge < -0.3 is 0 Å². The van der Waals surface area contributed by atoms with Crippen molar-refractivity contribution in [3.05, 3.63) is 94.3 Å². The monoisotopic (exact) mass is 408 g/mol. The van der Waals surface area contributed by atoms with Crippen molar-refractivity contribution in [1.82, 2.24) is 0 Å². The van der Waals surface area contributed by atoms with Crippen molar-refractivity contribution in [3.63, 3.8) is 0 Å². The summed E-state index contributed by atoms with van der Waals surface area (Å²) in [6.07, 6.45) is 3.35. The Labute approximate surface area is 177 Å². The molecule has 30 heavy (non-hydrogen) atoms. The van der Waals surface area contributed by atoms with Crippen LogP contribution in [0.1, 0.15) is 55.9 Å². The maximum atomic E-state index is 14.5. The van der Waals surface area contributed by atoms with E-state index < -0.39 is 17.5 Å². The summed E-state index contributed by atoms with van der Waals surface area (Å²) < 4.78 is 40.9. The van der Waals surface area contributed by atoms with Gasteiger partial charge in [0.2, 0.25) is 0 Å². The first kappa shape index (κ1) is 23.3. The van der Waals surface area contributed by atoms with Gasteiger partial charge in [-0.3, -0.25) is 0 Å². The lowest BCUT2D eigenvalue weighted by Crippen LogP contribution is -1.90. The molecule has 3 aromatic carbocycles. The number of rotatable bonds is 4. The molecule has 0 radical (unpaired) electrons. The van der Waals surface area contributed by atoms with E-state index in [1.54, 1.807) is 12.1 Å². The molecular formula is C27H27F3. The van der Waals surface area contributed by atoms with Crippen LogP contribution in [0.25, 0.3) is 11.1 Å². The predicted molar refractivity (Wildman–Crippen MR) is 119 cm³/mol. The molecule has 0 saturated carbocycles. The summed E-state index contributed by atoms with van der Waals surface area (Å²) in [5.41, 5.74) is 4.37. The smallest absolute Gasteiger partial charge is 0.159 e. The lowest BCUT2D eigenvalue weighted by atomic mass is 10.0. The highest BCUT2D eigenvalue weighted by atomic mass is 19.2. The van der Waals surface area contributed by atoms with Crippen LogP contribution >= 0.6 is 0 Å². The van der Waals surface area contributed by atoms with Crippen LogP contribution in [0.4, 0.5) is 13.2 Å². The Morgan fingerprint density at radius 1 is 0.700 bits per heavy atom. The molecule has 3 heteroatoms. The zero-order chi connectivity index (χ0) is 22.1. The van der Waals surface area contributed by atoms with Gasteiger partial charge in [-0.25, -0.2) is 13.2 Å². The van der Waals surface area contributed by atoms with Gasteiger partial charge in [0.05, 0.1) is 5.56 Å². The van der Waals surface area contributed by atoms with Gasteiger partial charge in [-0.1, -0.05) is 63.3 Å². The Balaban J connectivity index is 0.00000155. The summed E-state index contributed by atoms with van der Waals surface area (Å²) in [4.78, 5) is 0. The second-order valence-electron chi connectivity index (χ2n) is 6.83. The molecule has 156 valence electrons. The van der Waals surface area contributed by atoms with Crippen LogP contribution in [0.3, 0.4) is 0 Å². The molecule has 3 aromatic rings. The van der Waals surface area contributed by atoms with Crippen LogP contribution in [0, 0.1) is 36.2 Å². The van der Waals surface area contributed by atoms with Gasteiger partial charge in [-0.05, 0) is 72.4 Å². The van der Waals surface area contributed by atoms with Gasteiger partial charge in [0.1, 0.15) is 5.82 Å². The molecule has 0 spiro atoms. The maximum absolute atomic E-state index is 14.5. The van der Waals surface area contributed by atoms with Crippen molar-refractivity contribution in [1.29, 1.82) is 0 Å². The lowest BCUT2D eigenvalue weighted by molar-refractivity contribution is 0.509. The number of aryl methyl sites for hydroxylation is 2. The Bertz CT molecular complexity index is 1060. The van der Waals surface area contributed by atoms with Crippen LogP contribution < -0.4 is 0 Å². The highest BCUT2D eigenvalue weighted by Crippen LogP contribution is 2.23. The molecule has 0 heterocycles. The topological polar surface area (TPSA) is 0 Å². The molecule has 0 nitrogen and oxygen atoms in total. The lowest BCUT2D eigenvalue weighted by Gasteiger charge is -2.05. The largest absolute Gasteiger partial charge is 0.206 e. The van der Waals surface area contributed by atoms with Crippen molar-refractivity contribution in [3.8, 4) is 23.0 Å². The molecule has 0 N–H and O–H groups in total. The summed E-state index contributed by atoms with van der Waals surface area (Å²) in [6, 6.07) is 14.2. The highest BCUT2D eigenvalue weighted by molar-refractivity contribution is 5.65. The maximum Gasteiger partial charge on any atom is 0.159 e. The van der Waals surface area contributed by atoms with E-state index in [2.05, 4.69) is 30.9 Å². The fraction of sp³-hybridized carbons (Fsp3) is 0.259. The van der Waals surface area contributed by atoms with E-state index in [9.17, 15) is 13.2 Å². The van der Waals surface area contributed by atoms with E-state index in [1.807, 2.05) is 26.8 Å².